The van der Waals surface area contributed by atoms with Crippen LogP contribution in [0, 0.1) is 0 Å². The van der Waals surface area contributed by atoms with E-state index in [2.05, 4.69) is 27.1 Å². The maximum atomic E-state index is 5.52. The molecule has 1 aromatic heterocycles. The lowest BCUT2D eigenvalue weighted by atomic mass is 9.90. The Kier molecular flexibility index (Phi) is 3.35. The van der Waals surface area contributed by atoms with Crippen LogP contribution in [0.15, 0.2) is 0 Å². The minimum Gasteiger partial charge on any atom is -0.330 e. The molecule has 3 heterocycles. The van der Waals surface area contributed by atoms with Gasteiger partial charge in [-0.15, -0.1) is 0 Å². The summed E-state index contributed by atoms with van der Waals surface area (Å²) in [6.45, 7) is 0.717. The average Bonchev–Trinajstić information content (AvgIpc) is 2.90. The average molecular weight is 249 g/mol. The Bertz CT molecular complexity index is 388. The number of hydrogen-bond donors (Lipinski definition) is 2. The normalized spacial score (nSPS) is 32.0. The zero-order valence-electron chi connectivity index (χ0n) is 11.1. The maximum Gasteiger partial charge on any atom is 0.153 e. The van der Waals surface area contributed by atoms with Crippen molar-refractivity contribution < 1.29 is 0 Å². The first kappa shape index (κ1) is 12.1. The molecule has 0 aromatic carbocycles. The standard InChI is InChI=1S/C13H23N5/c1-18-10-4-5-11(18)8-9(7-10)13-15-12(16-17-13)3-2-6-14/h9-11H,2-8,14H2,1H3,(H,15,16,17). The van der Waals surface area contributed by atoms with E-state index in [4.69, 9.17) is 5.73 Å². The lowest BCUT2D eigenvalue weighted by Crippen LogP contribution is -2.39. The van der Waals surface area contributed by atoms with Crippen molar-refractivity contribution in [3.8, 4) is 0 Å². The second-order valence-electron chi connectivity index (χ2n) is 5.75. The molecule has 0 saturated carbocycles. The first-order valence-corrected chi connectivity index (χ1v) is 7.11. The highest BCUT2D eigenvalue weighted by Crippen LogP contribution is 2.40. The molecule has 3 rings (SSSR count). The Balaban J connectivity index is 1.66. The molecule has 0 radical (unpaired) electrons. The molecule has 5 nitrogen and oxygen atoms in total. The lowest BCUT2D eigenvalue weighted by molar-refractivity contribution is 0.159. The number of rotatable bonds is 4. The summed E-state index contributed by atoms with van der Waals surface area (Å²) in [4.78, 5) is 7.21. The molecule has 2 unspecified atom stereocenters. The zero-order chi connectivity index (χ0) is 12.5. The van der Waals surface area contributed by atoms with Gasteiger partial charge < -0.3 is 10.6 Å². The Morgan fingerprint density at radius 2 is 2.06 bits per heavy atom. The van der Waals surface area contributed by atoms with Gasteiger partial charge in [-0.25, -0.2) is 4.98 Å². The second-order valence-corrected chi connectivity index (χ2v) is 5.75. The van der Waals surface area contributed by atoms with Crippen molar-refractivity contribution in [3.05, 3.63) is 11.6 Å². The van der Waals surface area contributed by atoms with E-state index in [1.807, 2.05) is 0 Å². The molecule has 0 aliphatic carbocycles. The number of hydrogen-bond acceptors (Lipinski definition) is 4. The summed E-state index contributed by atoms with van der Waals surface area (Å²) >= 11 is 0. The van der Waals surface area contributed by atoms with E-state index in [-0.39, 0.29) is 0 Å². The Morgan fingerprint density at radius 1 is 1.33 bits per heavy atom. The quantitative estimate of drug-likeness (QED) is 0.836. The number of nitrogens with zero attached hydrogens (tertiary/aromatic N) is 3. The van der Waals surface area contributed by atoms with Crippen molar-refractivity contribution in [1.82, 2.24) is 20.1 Å². The number of fused-ring (bicyclic) bond motifs is 2. The maximum absolute atomic E-state index is 5.52. The zero-order valence-corrected chi connectivity index (χ0v) is 11.1. The van der Waals surface area contributed by atoms with Gasteiger partial charge in [0.2, 0.25) is 0 Å². The number of aromatic amines is 1. The summed E-state index contributed by atoms with van der Waals surface area (Å²) in [6, 6.07) is 1.50. The Morgan fingerprint density at radius 3 is 2.72 bits per heavy atom. The third-order valence-corrected chi connectivity index (χ3v) is 4.63. The van der Waals surface area contributed by atoms with Gasteiger partial charge in [0.05, 0.1) is 0 Å². The minimum atomic E-state index is 0.557. The smallest absolute Gasteiger partial charge is 0.153 e. The second kappa shape index (κ2) is 4.97. The van der Waals surface area contributed by atoms with Crippen LogP contribution in [0.25, 0.3) is 0 Å². The predicted octanol–water partition coefficient (Wildman–Crippen LogP) is 1.04. The van der Waals surface area contributed by atoms with Crippen LogP contribution in [0.1, 0.15) is 49.7 Å². The number of nitrogens with two attached hydrogens (primary N) is 1. The highest BCUT2D eigenvalue weighted by molar-refractivity contribution is 5.06. The topological polar surface area (TPSA) is 70.8 Å². The molecule has 1 aromatic rings. The van der Waals surface area contributed by atoms with E-state index in [0.717, 1.165) is 36.6 Å². The van der Waals surface area contributed by atoms with Crippen LogP contribution in [-0.2, 0) is 6.42 Å². The van der Waals surface area contributed by atoms with Gasteiger partial charge in [0, 0.05) is 24.4 Å². The van der Waals surface area contributed by atoms with Gasteiger partial charge >= 0.3 is 0 Å². The molecular weight excluding hydrogens is 226 g/mol. The van der Waals surface area contributed by atoms with Crippen LogP contribution < -0.4 is 5.73 Å². The molecular formula is C13H23N5. The molecule has 0 amide bonds. The fraction of sp³-hybridized carbons (Fsp3) is 0.846. The van der Waals surface area contributed by atoms with E-state index in [1.165, 1.54) is 25.7 Å². The summed E-state index contributed by atoms with van der Waals surface area (Å²) in [5.74, 6) is 2.59. The third kappa shape index (κ3) is 2.17. The van der Waals surface area contributed by atoms with Crippen LogP contribution in [0.2, 0.25) is 0 Å². The number of aryl methyl sites for hydroxylation is 1. The van der Waals surface area contributed by atoms with Crippen molar-refractivity contribution in [2.45, 2.75) is 56.5 Å². The van der Waals surface area contributed by atoms with Crippen LogP contribution in [0.3, 0.4) is 0 Å². The third-order valence-electron chi connectivity index (χ3n) is 4.63. The van der Waals surface area contributed by atoms with Crippen LogP contribution in [-0.4, -0.2) is 45.8 Å². The van der Waals surface area contributed by atoms with Crippen molar-refractivity contribution in [2.75, 3.05) is 13.6 Å². The fourth-order valence-corrected chi connectivity index (χ4v) is 3.50. The van der Waals surface area contributed by atoms with E-state index in [1.54, 1.807) is 0 Å². The first-order valence-electron chi connectivity index (χ1n) is 7.11. The van der Waals surface area contributed by atoms with E-state index in [0.29, 0.717) is 12.5 Å². The molecule has 5 heteroatoms. The van der Waals surface area contributed by atoms with Crippen molar-refractivity contribution in [3.63, 3.8) is 0 Å². The highest BCUT2D eigenvalue weighted by Gasteiger charge is 2.40. The van der Waals surface area contributed by atoms with Gasteiger partial charge in [-0.3, -0.25) is 5.10 Å². The summed E-state index contributed by atoms with van der Waals surface area (Å²) in [5.41, 5.74) is 5.52. The van der Waals surface area contributed by atoms with E-state index >= 15 is 0 Å². The monoisotopic (exact) mass is 249 g/mol. The van der Waals surface area contributed by atoms with Crippen molar-refractivity contribution in [1.29, 1.82) is 0 Å². The highest BCUT2D eigenvalue weighted by atomic mass is 15.2. The molecule has 2 atom stereocenters. The van der Waals surface area contributed by atoms with Gasteiger partial charge in [0.25, 0.3) is 0 Å². The largest absolute Gasteiger partial charge is 0.330 e. The van der Waals surface area contributed by atoms with Gasteiger partial charge in [-0.05, 0) is 45.7 Å². The lowest BCUT2D eigenvalue weighted by Gasteiger charge is -2.35. The molecule has 2 saturated heterocycles. The fourth-order valence-electron chi connectivity index (χ4n) is 3.50. The molecule has 2 bridgehead atoms. The van der Waals surface area contributed by atoms with E-state index in [9.17, 15) is 0 Å². The van der Waals surface area contributed by atoms with Crippen molar-refractivity contribution in [2.24, 2.45) is 5.73 Å². The van der Waals surface area contributed by atoms with Gasteiger partial charge in [-0.2, -0.15) is 5.10 Å². The number of H-pyrrole nitrogens is 1. The van der Waals surface area contributed by atoms with Crippen LogP contribution in [0.4, 0.5) is 0 Å². The van der Waals surface area contributed by atoms with Gasteiger partial charge in [0.1, 0.15) is 5.82 Å². The molecule has 3 N–H and O–H groups in total. The first-order chi connectivity index (χ1) is 8.78. The summed E-state index contributed by atoms with van der Waals surface area (Å²) in [7, 11) is 2.27. The molecule has 2 aliphatic rings. The number of nitrogens with one attached hydrogen (secondary N) is 1. The summed E-state index contributed by atoms with van der Waals surface area (Å²) in [6.07, 6.45) is 7.04. The molecule has 0 spiro atoms. The van der Waals surface area contributed by atoms with Gasteiger partial charge in [-0.1, -0.05) is 0 Å². The van der Waals surface area contributed by atoms with Crippen LogP contribution >= 0.6 is 0 Å². The predicted molar refractivity (Wildman–Crippen MR) is 70.3 cm³/mol. The molecule has 2 fully saturated rings. The minimum absolute atomic E-state index is 0.557. The molecule has 18 heavy (non-hydrogen) atoms. The Labute approximate surface area is 108 Å². The molecule has 100 valence electrons. The van der Waals surface area contributed by atoms with Crippen LogP contribution in [0.5, 0.6) is 0 Å². The number of aromatic nitrogens is 3. The Hall–Kier alpha value is -0.940. The van der Waals surface area contributed by atoms with Crippen molar-refractivity contribution >= 4 is 0 Å². The molecule has 2 aliphatic heterocycles. The number of piperidine rings is 1. The SMILES string of the molecule is CN1C2CCC1CC(c1n[nH]c(CCCN)n1)C2. The summed E-state index contributed by atoms with van der Waals surface area (Å²) in [5, 5.41) is 7.49. The van der Waals surface area contributed by atoms with E-state index < -0.39 is 0 Å². The summed E-state index contributed by atoms with van der Waals surface area (Å²) < 4.78 is 0. The van der Waals surface area contributed by atoms with Gasteiger partial charge in [0.15, 0.2) is 5.82 Å².